The topological polar surface area (TPSA) is 29.5 Å². The number of hydrogen-bond acceptors (Lipinski definition) is 3. The van der Waals surface area contributed by atoms with Crippen LogP contribution in [0.3, 0.4) is 0 Å². The Labute approximate surface area is 349 Å². The lowest BCUT2D eigenvalue weighted by Gasteiger charge is -2.29. The lowest BCUT2D eigenvalue weighted by atomic mass is 9.82. The summed E-state index contributed by atoms with van der Waals surface area (Å²) in [7, 11) is 0. The molecule has 0 fully saturated rings. The Hall–Kier alpha value is -7.36. The Morgan fingerprint density at radius 3 is 1.97 bits per heavy atom. The summed E-state index contributed by atoms with van der Waals surface area (Å²) < 4.78 is 13.8. The second-order valence-corrected chi connectivity index (χ2v) is 16.7. The van der Waals surface area contributed by atoms with Crippen molar-refractivity contribution in [1.82, 2.24) is 0 Å². The predicted octanol–water partition coefficient (Wildman–Crippen LogP) is 16.1. The van der Waals surface area contributed by atoms with E-state index in [2.05, 4.69) is 207 Å². The quantitative estimate of drug-likeness (QED) is 0.169. The first-order valence-corrected chi connectivity index (χ1v) is 21.0. The summed E-state index contributed by atoms with van der Waals surface area (Å²) in [5, 5.41) is 3.22. The molecule has 2 heterocycles. The third kappa shape index (κ3) is 5.29. The molecule has 0 N–H and O–H groups in total. The molecule has 3 nitrogen and oxygen atoms in total. The van der Waals surface area contributed by atoms with Crippen molar-refractivity contribution in [3.63, 3.8) is 0 Å². The van der Waals surface area contributed by atoms with Crippen LogP contribution in [-0.2, 0) is 11.8 Å². The van der Waals surface area contributed by atoms with Crippen molar-refractivity contribution in [1.29, 1.82) is 0 Å². The van der Waals surface area contributed by atoms with Crippen LogP contribution in [0.2, 0.25) is 0 Å². The average Bonchev–Trinajstić information content (AvgIpc) is 3.93. The lowest BCUT2D eigenvalue weighted by Crippen LogP contribution is -2.16. The molecule has 0 spiro atoms. The van der Waals surface area contributed by atoms with E-state index in [0.717, 1.165) is 90.8 Å². The van der Waals surface area contributed by atoms with E-state index in [9.17, 15) is 0 Å². The molecule has 10 aromatic rings. The highest BCUT2D eigenvalue weighted by Crippen LogP contribution is 2.52. The van der Waals surface area contributed by atoms with Crippen LogP contribution in [-0.4, -0.2) is 0 Å². The molecule has 8 aromatic carbocycles. The van der Waals surface area contributed by atoms with Crippen molar-refractivity contribution >= 4 is 56.0 Å². The first-order chi connectivity index (χ1) is 29.5. The third-order valence-corrected chi connectivity index (χ3v) is 12.9. The maximum absolute atomic E-state index is 7.16. The predicted molar refractivity (Wildman–Crippen MR) is 249 cm³/mol. The Kier molecular flexibility index (Phi) is 7.71. The van der Waals surface area contributed by atoms with Gasteiger partial charge in [0.05, 0.1) is 5.69 Å². The fourth-order valence-corrected chi connectivity index (χ4v) is 9.99. The molecule has 0 unspecified atom stereocenters. The van der Waals surface area contributed by atoms with Crippen LogP contribution in [0.4, 0.5) is 17.1 Å². The number of fused-ring (bicyclic) bond motifs is 9. The summed E-state index contributed by atoms with van der Waals surface area (Å²) in [6.07, 6.45) is 6.37. The summed E-state index contributed by atoms with van der Waals surface area (Å²) >= 11 is 0. The number of nitrogens with zero attached hydrogens (tertiary/aromatic N) is 1. The van der Waals surface area contributed by atoms with Crippen LogP contribution in [0.25, 0.3) is 83.5 Å². The standard InChI is InChI=1S/C57H41NO2/c1-57(2)48-22-12-9-20-43(48)44-31-29-40(33-49(44)57)58(50-23-13-10-19-42(50)38-17-7-4-8-18-38)41-30-32-45-47-35-53-55(46-21-11-14-24-51(46)59-53)54(56(47)60-52(45)34-41)39-27-25-37(26-28-39)36-15-5-3-6-16-36/h3-13,15-23,25-35H,14,24H2,1-2H3. The normalized spacial score (nSPS) is 13.8. The number of hydrogen-bond donors (Lipinski definition) is 0. The summed E-state index contributed by atoms with van der Waals surface area (Å²) in [5.41, 5.74) is 19.0. The van der Waals surface area contributed by atoms with Crippen LogP contribution in [0.15, 0.2) is 191 Å². The molecule has 0 bridgehead atoms. The van der Waals surface area contributed by atoms with Gasteiger partial charge in [-0.05, 0) is 87.3 Å². The molecule has 2 aromatic heterocycles. The van der Waals surface area contributed by atoms with E-state index in [1.165, 1.54) is 38.9 Å². The molecule has 3 heteroatoms. The first-order valence-electron chi connectivity index (χ1n) is 21.0. The fourth-order valence-electron chi connectivity index (χ4n) is 9.99. The molecule has 12 rings (SSSR count). The summed E-state index contributed by atoms with van der Waals surface area (Å²) in [5.74, 6) is 1.04. The van der Waals surface area contributed by atoms with Gasteiger partial charge < -0.3 is 13.7 Å². The fraction of sp³-hybridized carbons (Fsp3) is 0.0877. The highest BCUT2D eigenvalue weighted by atomic mass is 16.3. The van der Waals surface area contributed by atoms with Crippen molar-refractivity contribution in [3.8, 4) is 44.5 Å². The number of anilines is 3. The zero-order valence-electron chi connectivity index (χ0n) is 33.6. The molecule has 2 aliphatic carbocycles. The summed E-state index contributed by atoms with van der Waals surface area (Å²) in [4.78, 5) is 2.41. The zero-order valence-corrected chi connectivity index (χ0v) is 33.6. The minimum Gasteiger partial charge on any atom is -0.460 e. The van der Waals surface area contributed by atoms with Gasteiger partial charge in [-0.3, -0.25) is 0 Å². The van der Waals surface area contributed by atoms with E-state index in [0.29, 0.717) is 0 Å². The Balaban J connectivity index is 1.08. The third-order valence-electron chi connectivity index (χ3n) is 12.9. The average molecular weight is 772 g/mol. The minimum absolute atomic E-state index is 0.143. The molecule has 0 saturated heterocycles. The van der Waals surface area contributed by atoms with Gasteiger partial charge in [0.25, 0.3) is 0 Å². The second-order valence-electron chi connectivity index (χ2n) is 16.7. The van der Waals surface area contributed by atoms with Crippen molar-refractivity contribution in [2.45, 2.75) is 32.1 Å². The maximum atomic E-state index is 7.16. The first kappa shape index (κ1) is 34.7. The Morgan fingerprint density at radius 2 is 1.15 bits per heavy atom. The highest BCUT2D eigenvalue weighted by Gasteiger charge is 2.36. The molecule has 286 valence electrons. The maximum Gasteiger partial charge on any atom is 0.144 e. The molecule has 0 amide bonds. The van der Waals surface area contributed by atoms with E-state index < -0.39 is 0 Å². The molecule has 0 aliphatic heterocycles. The summed E-state index contributed by atoms with van der Waals surface area (Å²) in [6, 6.07) is 63.6. The molecular formula is C57H41NO2. The van der Waals surface area contributed by atoms with Crippen LogP contribution >= 0.6 is 0 Å². The Bertz CT molecular complexity index is 3330. The molecule has 60 heavy (non-hydrogen) atoms. The van der Waals surface area contributed by atoms with E-state index in [1.807, 2.05) is 0 Å². The van der Waals surface area contributed by atoms with Gasteiger partial charge in [0.1, 0.15) is 22.5 Å². The lowest BCUT2D eigenvalue weighted by molar-refractivity contribution is 0.546. The van der Waals surface area contributed by atoms with Crippen LogP contribution in [0.5, 0.6) is 0 Å². The van der Waals surface area contributed by atoms with Gasteiger partial charge in [0.2, 0.25) is 0 Å². The zero-order chi connectivity index (χ0) is 40.0. The largest absolute Gasteiger partial charge is 0.460 e. The van der Waals surface area contributed by atoms with Gasteiger partial charge in [-0.25, -0.2) is 0 Å². The van der Waals surface area contributed by atoms with Gasteiger partial charge in [-0.1, -0.05) is 159 Å². The van der Waals surface area contributed by atoms with Gasteiger partial charge in [-0.15, -0.1) is 0 Å². The van der Waals surface area contributed by atoms with Crippen molar-refractivity contribution in [2.24, 2.45) is 0 Å². The SMILES string of the molecule is CC1(C)c2ccccc2-c2ccc(N(c3ccc4c(c3)oc3c(-c5ccc(-c6ccccc6)cc5)c5c6c(oc5cc34)CCC=C6)c3ccccc3-c3ccccc3)cc21. The van der Waals surface area contributed by atoms with E-state index in [1.54, 1.807) is 0 Å². The van der Waals surface area contributed by atoms with Gasteiger partial charge in [-0.2, -0.15) is 0 Å². The monoisotopic (exact) mass is 771 g/mol. The Morgan fingerprint density at radius 1 is 0.500 bits per heavy atom. The number of para-hydroxylation sites is 1. The molecule has 0 atom stereocenters. The van der Waals surface area contributed by atoms with Crippen molar-refractivity contribution in [3.05, 3.63) is 204 Å². The number of allylic oxidation sites excluding steroid dienone is 1. The summed E-state index contributed by atoms with van der Waals surface area (Å²) in [6.45, 7) is 4.69. The van der Waals surface area contributed by atoms with Crippen LogP contribution in [0.1, 0.15) is 42.7 Å². The smallest absolute Gasteiger partial charge is 0.144 e. The van der Waals surface area contributed by atoms with Crippen LogP contribution < -0.4 is 4.90 Å². The second kappa shape index (κ2) is 13.3. The van der Waals surface area contributed by atoms with E-state index >= 15 is 0 Å². The van der Waals surface area contributed by atoms with E-state index in [-0.39, 0.29) is 5.41 Å². The number of benzene rings is 8. The van der Waals surface area contributed by atoms with Gasteiger partial charge >= 0.3 is 0 Å². The van der Waals surface area contributed by atoms with Crippen molar-refractivity contribution < 1.29 is 8.83 Å². The van der Waals surface area contributed by atoms with Crippen LogP contribution in [0, 0.1) is 0 Å². The number of rotatable bonds is 6. The van der Waals surface area contributed by atoms with E-state index in [4.69, 9.17) is 8.83 Å². The highest BCUT2D eigenvalue weighted by molar-refractivity contribution is 6.19. The molecule has 0 radical (unpaired) electrons. The number of aryl methyl sites for hydroxylation is 1. The van der Waals surface area contributed by atoms with Gasteiger partial charge in [0, 0.05) is 62.1 Å². The molecule has 2 aliphatic rings. The minimum atomic E-state index is -0.143. The molecule has 0 saturated carbocycles. The number of furan rings is 2. The molecular weight excluding hydrogens is 731 g/mol. The van der Waals surface area contributed by atoms with Crippen molar-refractivity contribution in [2.75, 3.05) is 4.90 Å². The van der Waals surface area contributed by atoms with Gasteiger partial charge in [0.15, 0.2) is 0 Å².